The van der Waals surface area contributed by atoms with Crippen LogP contribution in [0, 0.1) is 0 Å². The van der Waals surface area contributed by atoms with E-state index in [1.807, 2.05) is 27.2 Å². The third kappa shape index (κ3) is 33.5. The van der Waals surface area contributed by atoms with Gasteiger partial charge in [0.15, 0.2) is 0 Å². The molecule has 0 aromatic rings. The molecule has 3 unspecified atom stereocenters. The lowest BCUT2D eigenvalue weighted by molar-refractivity contribution is -0.870. The highest BCUT2D eigenvalue weighted by molar-refractivity contribution is 7.47. The molecule has 0 bridgehead atoms. The largest absolute Gasteiger partial charge is 0.472 e. The van der Waals surface area contributed by atoms with Gasteiger partial charge in [0.1, 0.15) is 13.2 Å². The lowest BCUT2D eigenvalue weighted by Gasteiger charge is -2.25. The molecule has 8 nitrogen and oxygen atoms in total. The van der Waals surface area contributed by atoms with Crippen LogP contribution in [0.4, 0.5) is 0 Å². The van der Waals surface area contributed by atoms with E-state index in [2.05, 4.69) is 31.3 Å². The minimum atomic E-state index is -4.33. The zero-order valence-electron chi connectivity index (χ0n) is 32.0. The quantitative estimate of drug-likeness (QED) is 0.0263. The van der Waals surface area contributed by atoms with Crippen LogP contribution in [0.1, 0.15) is 168 Å². The number of unbranched alkanes of at least 4 members (excludes halogenated alkanes) is 20. The van der Waals surface area contributed by atoms with E-state index in [1.165, 1.54) is 96.3 Å². The number of aliphatic hydroxyl groups is 1. The van der Waals surface area contributed by atoms with Crippen molar-refractivity contribution in [3.63, 3.8) is 0 Å². The van der Waals surface area contributed by atoms with Gasteiger partial charge in [-0.1, -0.05) is 141 Å². The molecule has 48 heavy (non-hydrogen) atoms. The van der Waals surface area contributed by atoms with Crippen molar-refractivity contribution in [3.8, 4) is 0 Å². The van der Waals surface area contributed by atoms with Crippen LogP contribution in [-0.2, 0) is 18.4 Å². The van der Waals surface area contributed by atoms with Crippen LogP contribution in [0.2, 0.25) is 0 Å². The highest BCUT2D eigenvalue weighted by Gasteiger charge is 2.27. The maximum Gasteiger partial charge on any atom is 0.472 e. The Hall–Kier alpha value is -1.02. The van der Waals surface area contributed by atoms with Crippen molar-refractivity contribution in [2.45, 2.75) is 180 Å². The Balaban J connectivity index is 4.54. The van der Waals surface area contributed by atoms with Gasteiger partial charge >= 0.3 is 7.82 Å². The molecule has 0 rings (SSSR count). The van der Waals surface area contributed by atoms with Gasteiger partial charge in [0.2, 0.25) is 5.91 Å². The monoisotopic (exact) mass is 702 g/mol. The molecule has 284 valence electrons. The first kappa shape index (κ1) is 47.0. The molecule has 0 aliphatic rings. The summed E-state index contributed by atoms with van der Waals surface area (Å²) in [6.45, 7) is 4.77. The van der Waals surface area contributed by atoms with Crippen molar-refractivity contribution in [2.75, 3.05) is 40.9 Å². The maximum atomic E-state index is 12.8. The number of hydrogen-bond acceptors (Lipinski definition) is 5. The zero-order chi connectivity index (χ0) is 35.8. The first-order valence-electron chi connectivity index (χ1n) is 19.7. The molecule has 9 heteroatoms. The Morgan fingerprint density at radius 3 is 1.62 bits per heavy atom. The first-order chi connectivity index (χ1) is 23.0. The number of rotatable bonds is 35. The molecule has 1 amide bonds. The molecule has 0 aliphatic carbocycles. The number of carbonyl (C=O) groups excluding carboxylic acids is 1. The van der Waals surface area contributed by atoms with Gasteiger partial charge in [-0.25, -0.2) is 4.57 Å². The van der Waals surface area contributed by atoms with Gasteiger partial charge in [0.25, 0.3) is 0 Å². The topological polar surface area (TPSA) is 105 Å². The van der Waals surface area contributed by atoms with Crippen molar-refractivity contribution in [3.05, 3.63) is 24.3 Å². The predicted molar refractivity (Wildman–Crippen MR) is 203 cm³/mol. The van der Waals surface area contributed by atoms with Crippen LogP contribution in [0.5, 0.6) is 0 Å². The van der Waals surface area contributed by atoms with E-state index in [1.54, 1.807) is 6.08 Å². The molecule has 0 aromatic carbocycles. The minimum Gasteiger partial charge on any atom is -0.387 e. The molecule has 0 radical (unpaired) electrons. The van der Waals surface area contributed by atoms with Gasteiger partial charge in [0.05, 0.1) is 39.9 Å². The fourth-order valence-electron chi connectivity index (χ4n) is 5.45. The lowest BCUT2D eigenvalue weighted by Crippen LogP contribution is -2.45. The van der Waals surface area contributed by atoms with Gasteiger partial charge in [-0.05, 0) is 44.9 Å². The predicted octanol–water partition coefficient (Wildman–Crippen LogP) is 10.2. The van der Waals surface area contributed by atoms with Crippen molar-refractivity contribution < 1.29 is 32.9 Å². The molecule has 0 aliphatic heterocycles. The molecule has 0 saturated carbocycles. The number of phosphoric ester groups is 1. The molecule has 3 atom stereocenters. The van der Waals surface area contributed by atoms with E-state index in [9.17, 15) is 19.4 Å². The summed E-state index contributed by atoms with van der Waals surface area (Å²) in [5, 5.41) is 13.7. The average molecular weight is 702 g/mol. The number of quaternary nitrogens is 1. The van der Waals surface area contributed by atoms with Crippen LogP contribution in [-0.4, -0.2) is 73.4 Å². The average Bonchev–Trinajstić information content (AvgIpc) is 3.02. The van der Waals surface area contributed by atoms with E-state index in [4.69, 9.17) is 9.05 Å². The zero-order valence-corrected chi connectivity index (χ0v) is 32.9. The van der Waals surface area contributed by atoms with Crippen molar-refractivity contribution in [1.29, 1.82) is 0 Å². The summed E-state index contributed by atoms with van der Waals surface area (Å²) in [6, 6.07) is -0.845. The fourth-order valence-corrected chi connectivity index (χ4v) is 6.18. The Bertz CT molecular complexity index is 845. The Labute approximate surface area is 296 Å². The minimum absolute atomic E-state index is 0.0606. The SMILES string of the molecule is CCCCCC/C=C\CCCCCCCC(=O)NC(COP(=O)(O)OCC[N+](C)(C)C)C(O)/C=C/CCCCCCCCCCCCC. The Morgan fingerprint density at radius 2 is 1.12 bits per heavy atom. The standard InChI is InChI=1S/C39H77N2O6P/c1-6-8-10-12-14-16-18-20-22-24-26-28-30-32-38(42)37(36-47-48(44,45)46-35-34-41(3,4)5)40-39(43)33-31-29-27-25-23-21-19-17-15-13-11-9-7-2/h17,19,30,32,37-38,42H,6-16,18,20-29,31,33-36H2,1-5H3,(H-,40,43,44,45)/p+1/b19-17-,32-30+. The van der Waals surface area contributed by atoms with E-state index in [0.717, 1.165) is 51.4 Å². The van der Waals surface area contributed by atoms with Gasteiger partial charge in [-0.2, -0.15) is 0 Å². The van der Waals surface area contributed by atoms with Gasteiger partial charge < -0.3 is 19.8 Å². The van der Waals surface area contributed by atoms with Gasteiger partial charge in [-0.3, -0.25) is 13.8 Å². The van der Waals surface area contributed by atoms with E-state index in [0.29, 0.717) is 17.4 Å². The number of aliphatic hydroxyl groups excluding tert-OH is 1. The number of carbonyl (C=O) groups is 1. The van der Waals surface area contributed by atoms with Crippen molar-refractivity contribution in [2.24, 2.45) is 0 Å². The molecular formula is C39H78N2O6P+. The summed E-state index contributed by atoms with van der Waals surface area (Å²) >= 11 is 0. The normalized spacial score (nSPS) is 14.9. The highest BCUT2D eigenvalue weighted by atomic mass is 31.2. The van der Waals surface area contributed by atoms with Crippen LogP contribution in [0.3, 0.4) is 0 Å². The highest BCUT2D eigenvalue weighted by Crippen LogP contribution is 2.43. The smallest absolute Gasteiger partial charge is 0.387 e. The fraction of sp³-hybridized carbons (Fsp3) is 0.872. The number of hydrogen-bond donors (Lipinski definition) is 3. The summed E-state index contributed by atoms with van der Waals surface area (Å²) in [5.41, 5.74) is 0. The number of phosphoric acid groups is 1. The van der Waals surface area contributed by atoms with Crippen LogP contribution in [0.15, 0.2) is 24.3 Å². The van der Waals surface area contributed by atoms with Gasteiger partial charge in [-0.15, -0.1) is 0 Å². The van der Waals surface area contributed by atoms with E-state index < -0.39 is 20.0 Å². The Kier molecular flexibility index (Phi) is 31.2. The maximum absolute atomic E-state index is 12.8. The van der Waals surface area contributed by atoms with Crippen molar-refractivity contribution >= 4 is 13.7 Å². The van der Waals surface area contributed by atoms with E-state index in [-0.39, 0.29) is 19.1 Å². The third-order valence-electron chi connectivity index (χ3n) is 8.67. The van der Waals surface area contributed by atoms with Crippen LogP contribution >= 0.6 is 7.82 Å². The Morgan fingerprint density at radius 1 is 0.688 bits per heavy atom. The van der Waals surface area contributed by atoms with Crippen LogP contribution < -0.4 is 5.32 Å². The number of allylic oxidation sites excluding steroid dienone is 3. The second-order valence-corrected chi connectivity index (χ2v) is 16.1. The molecule has 0 fully saturated rings. The second kappa shape index (κ2) is 31.9. The molecular weight excluding hydrogens is 623 g/mol. The first-order valence-corrected chi connectivity index (χ1v) is 21.2. The number of nitrogens with one attached hydrogen (secondary N) is 1. The number of amides is 1. The van der Waals surface area contributed by atoms with Crippen LogP contribution in [0.25, 0.3) is 0 Å². The molecule has 0 spiro atoms. The summed E-state index contributed by atoms with van der Waals surface area (Å²) < 4.78 is 23.4. The van der Waals surface area contributed by atoms with Gasteiger partial charge in [0, 0.05) is 6.42 Å². The molecule has 0 saturated heterocycles. The number of likely N-dealkylation sites (N-methyl/N-ethyl adjacent to an activating group) is 1. The third-order valence-corrected chi connectivity index (χ3v) is 9.65. The molecule has 0 aromatic heterocycles. The van der Waals surface area contributed by atoms with E-state index >= 15 is 0 Å². The number of nitrogens with zero attached hydrogens (tertiary/aromatic N) is 1. The second-order valence-electron chi connectivity index (χ2n) is 14.7. The molecule has 0 heterocycles. The summed E-state index contributed by atoms with van der Waals surface area (Å²) in [6.07, 6.45) is 35.2. The lowest BCUT2D eigenvalue weighted by atomic mass is 10.0. The summed E-state index contributed by atoms with van der Waals surface area (Å²) in [4.78, 5) is 23.0. The summed E-state index contributed by atoms with van der Waals surface area (Å²) in [7, 11) is 1.56. The van der Waals surface area contributed by atoms with Crippen molar-refractivity contribution in [1.82, 2.24) is 5.32 Å². The molecule has 3 N–H and O–H groups in total. The summed E-state index contributed by atoms with van der Waals surface area (Å²) in [5.74, 6) is -0.189.